The first-order chi connectivity index (χ1) is 11.5. The minimum atomic E-state index is -0.289. The van der Waals surface area contributed by atoms with Gasteiger partial charge in [0, 0.05) is 29.2 Å². The summed E-state index contributed by atoms with van der Waals surface area (Å²) >= 11 is 1.39. The van der Waals surface area contributed by atoms with Crippen molar-refractivity contribution in [3.63, 3.8) is 0 Å². The molecule has 5 heteroatoms. The monoisotopic (exact) mass is 342 g/mol. The summed E-state index contributed by atoms with van der Waals surface area (Å²) in [6.07, 6.45) is 2.13. The van der Waals surface area contributed by atoms with E-state index in [1.54, 1.807) is 0 Å². The van der Waals surface area contributed by atoms with E-state index in [-0.39, 0.29) is 5.97 Å². The quantitative estimate of drug-likeness (QED) is 0.619. The van der Waals surface area contributed by atoms with Crippen molar-refractivity contribution in [2.75, 3.05) is 6.61 Å². The highest BCUT2D eigenvalue weighted by molar-refractivity contribution is 7.17. The molecule has 0 saturated heterocycles. The van der Waals surface area contributed by atoms with Crippen LogP contribution in [0, 0.1) is 12.8 Å². The molecule has 0 N–H and O–H groups in total. The second kappa shape index (κ2) is 6.77. The molecular formula is C19H22N2O2S. The van der Waals surface area contributed by atoms with E-state index in [2.05, 4.69) is 53.9 Å². The predicted molar refractivity (Wildman–Crippen MR) is 98.6 cm³/mol. The first-order valence-electron chi connectivity index (χ1n) is 8.23. The maximum atomic E-state index is 12.0. The number of nitrogens with zero attached hydrogens (tertiary/aromatic N) is 2. The van der Waals surface area contributed by atoms with E-state index >= 15 is 0 Å². The number of ether oxygens (including phenoxy) is 1. The van der Waals surface area contributed by atoms with Crippen LogP contribution in [0.15, 0.2) is 30.5 Å². The van der Waals surface area contributed by atoms with E-state index in [1.165, 1.54) is 22.2 Å². The van der Waals surface area contributed by atoms with E-state index in [4.69, 9.17) is 4.74 Å². The lowest BCUT2D eigenvalue weighted by molar-refractivity contribution is 0.0531. The van der Waals surface area contributed by atoms with E-state index in [0.717, 1.165) is 22.8 Å². The summed E-state index contributed by atoms with van der Waals surface area (Å²) in [7, 11) is 0. The molecule has 3 rings (SSSR count). The molecular weight excluding hydrogens is 320 g/mol. The van der Waals surface area contributed by atoms with Crippen LogP contribution in [0.25, 0.3) is 21.5 Å². The summed E-state index contributed by atoms with van der Waals surface area (Å²) in [4.78, 5) is 17.1. The van der Waals surface area contributed by atoms with Crippen molar-refractivity contribution in [1.82, 2.24) is 9.55 Å². The standard InChI is InChI=1S/C19H22N2O2S/c1-5-23-19(22)17-13(4)20-18(24-17)15-6-7-16-14(10-15)8-9-21(16)11-12(2)3/h6-10,12H,5,11H2,1-4H3. The molecule has 4 nitrogen and oxygen atoms in total. The van der Waals surface area contributed by atoms with Gasteiger partial charge in [-0.25, -0.2) is 9.78 Å². The van der Waals surface area contributed by atoms with E-state index in [0.29, 0.717) is 17.4 Å². The van der Waals surface area contributed by atoms with Crippen molar-refractivity contribution < 1.29 is 9.53 Å². The third-order valence-electron chi connectivity index (χ3n) is 3.84. The number of carbonyl (C=O) groups is 1. The number of carbonyl (C=O) groups excluding carboxylic acids is 1. The van der Waals surface area contributed by atoms with Gasteiger partial charge in [-0.15, -0.1) is 11.3 Å². The first-order valence-corrected chi connectivity index (χ1v) is 9.05. The second-order valence-electron chi connectivity index (χ2n) is 6.29. The third-order valence-corrected chi connectivity index (χ3v) is 5.02. The zero-order chi connectivity index (χ0) is 17.3. The molecule has 0 aliphatic carbocycles. The topological polar surface area (TPSA) is 44.1 Å². The fraction of sp³-hybridized carbons (Fsp3) is 0.368. The molecule has 0 fully saturated rings. The number of fused-ring (bicyclic) bond motifs is 1. The van der Waals surface area contributed by atoms with Crippen LogP contribution in [-0.2, 0) is 11.3 Å². The number of esters is 1. The van der Waals surface area contributed by atoms with E-state index in [1.807, 2.05) is 13.8 Å². The van der Waals surface area contributed by atoms with Crippen molar-refractivity contribution in [3.8, 4) is 10.6 Å². The van der Waals surface area contributed by atoms with Gasteiger partial charge in [-0.2, -0.15) is 0 Å². The highest BCUT2D eigenvalue weighted by atomic mass is 32.1. The Labute approximate surface area is 146 Å². The van der Waals surface area contributed by atoms with Gasteiger partial charge in [-0.3, -0.25) is 0 Å². The second-order valence-corrected chi connectivity index (χ2v) is 7.29. The zero-order valence-electron chi connectivity index (χ0n) is 14.5. The van der Waals surface area contributed by atoms with Crippen molar-refractivity contribution in [1.29, 1.82) is 0 Å². The lowest BCUT2D eigenvalue weighted by Gasteiger charge is -2.08. The first kappa shape index (κ1) is 16.7. The normalized spacial score (nSPS) is 11.4. The lowest BCUT2D eigenvalue weighted by atomic mass is 10.1. The van der Waals surface area contributed by atoms with Crippen LogP contribution in [0.4, 0.5) is 0 Å². The molecule has 0 spiro atoms. The molecule has 3 aromatic rings. The Morgan fingerprint density at radius 1 is 1.33 bits per heavy atom. The van der Waals surface area contributed by atoms with E-state index < -0.39 is 0 Å². The fourth-order valence-corrected chi connectivity index (χ4v) is 3.75. The van der Waals surface area contributed by atoms with Crippen molar-refractivity contribution in [3.05, 3.63) is 41.0 Å². The van der Waals surface area contributed by atoms with Gasteiger partial charge < -0.3 is 9.30 Å². The average molecular weight is 342 g/mol. The van der Waals surface area contributed by atoms with Gasteiger partial charge in [0.1, 0.15) is 9.88 Å². The molecule has 0 amide bonds. The molecule has 1 aromatic carbocycles. The summed E-state index contributed by atoms with van der Waals surface area (Å²) in [5.41, 5.74) is 2.99. The molecule has 126 valence electrons. The van der Waals surface area contributed by atoms with Crippen LogP contribution < -0.4 is 0 Å². The Morgan fingerprint density at radius 2 is 2.12 bits per heavy atom. The Morgan fingerprint density at radius 3 is 2.83 bits per heavy atom. The molecule has 24 heavy (non-hydrogen) atoms. The third kappa shape index (κ3) is 3.22. The van der Waals surface area contributed by atoms with Gasteiger partial charge in [0.05, 0.1) is 12.3 Å². The molecule has 0 saturated carbocycles. The number of thiazole rings is 1. The number of hydrogen-bond donors (Lipinski definition) is 0. The van der Waals surface area contributed by atoms with Gasteiger partial charge in [-0.05, 0) is 44.0 Å². The Hall–Kier alpha value is -2.14. The van der Waals surface area contributed by atoms with Gasteiger partial charge in [0.2, 0.25) is 0 Å². The molecule has 0 aliphatic rings. The van der Waals surface area contributed by atoms with Gasteiger partial charge in [-0.1, -0.05) is 13.8 Å². The number of aryl methyl sites for hydroxylation is 1. The Bertz CT molecular complexity index is 877. The molecule has 0 radical (unpaired) electrons. The maximum Gasteiger partial charge on any atom is 0.350 e. The number of aromatic nitrogens is 2. The lowest BCUT2D eigenvalue weighted by Crippen LogP contribution is -2.03. The highest BCUT2D eigenvalue weighted by Gasteiger charge is 2.17. The van der Waals surface area contributed by atoms with E-state index in [9.17, 15) is 4.79 Å². The zero-order valence-corrected chi connectivity index (χ0v) is 15.3. The molecule has 0 unspecified atom stereocenters. The summed E-state index contributed by atoms with van der Waals surface area (Å²) in [6.45, 7) is 9.48. The number of benzene rings is 1. The Kier molecular flexibility index (Phi) is 4.71. The van der Waals surface area contributed by atoms with Crippen LogP contribution in [0.1, 0.15) is 36.1 Å². The molecule has 0 atom stereocenters. The summed E-state index contributed by atoms with van der Waals surface area (Å²) < 4.78 is 7.38. The predicted octanol–water partition coefficient (Wildman–Crippen LogP) is 4.91. The number of hydrogen-bond acceptors (Lipinski definition) is 4. The minimum absolute atomic E-state index is 0.289. The van der Waals surface area contributed by atoms with Gasteiger partial charge in [0.25, 0.3) is 0 Å². The van der Waals surface area contributed by atoms with Crippen LogP contribution in [0.2, 0.25) is 0 Å². The van der Waals surface area contributed by atoms with Crippen LogP contribution >= 0.6 is 11.3 Å². The van der Waals surface area contributed by atoms with Crippen molar-refractivity contribution >= 4 is 28.2 Å². The summed E-state index contributed by atoms with van der Waals surface area (Å²) in [6, 6.07) is 8.48. The van der Waals surface area contributed by atoms with Crippen molar-refractivity contribution in [2.45, 2.75) is 34.2 Å². The SMILES string of the molecule is CCOC(=O)c1sc(-c2ccc3c(ccn3CC(C)C)c2)nc1C. The average Bonchev–Trinajstić information content (AvgIpc) is 3.10. The van der Waals surface area contributed by atoms with Crippen LogP contribution in [-0.4, -0.2) is 22.1 Å². The highest BCUT2D eigenvalue weighted by Crippen LogP contribution is 2.31. The summed E-state index contributed by atoms with van der Waals surface area (Å²) in [5.74, 6) is 0.317. The largest absolute Gasteiger partial charge is 0.462 e. The minimum Gasteiger partial charge on any atom is -0.462 e. The van der Waals surface area contributed by atoms with Crippen LogP contribution in [0.5, 0.6) is 0 Å². The smallest absolute Gasteiger partial charge is 0.350 e. The number of rotatable bonds is 5. The molecule has 2 aromatic heterocycles. The maximum absolute atomic E-state index is 12.0. The fourth-order valence-electron chi connectivity index (χ4n) is 2.79. The van der Waals surface area contributed by atoms with Gasteiger partial charge >= 0.3 is 5.97 Å². The Balaban J connectivity index is 1.95. The molecule has 0 bridgehead atoms. The summed E-state index contributed by atoms with van der Waals surface area (Å²) in [5, 5.41) is 2.05. The molecule has 2 heterocycles. The molecule has 0 aliphatic heterocycles. The van der Waals surface area contributed by atoms with Gasteiger partial charge in [0.15, 0.2) is 0 Å². The van der Waals surface area contributed by atoms with Crippen LogP contribution in [0.3, 0.4) is 0 Å². The van der Waals surface area contributed by atoms with Crippen molar-refractivity contribution in [2.24, 2.45) is 5.92 Å².